The van der Waals surface area contributed by atoms with Crippen molar-refractivity contribution in [3.63, 3.8) is 0 Å². The van der Waals surface area contributed by atoms with E-state index < -0.39 is 0 Å². The molecule has 148 valence electrons. The van der Waals surface area contributed by atoms with Crippen molar-refractivity contribution in [1.82, 2.24) is 14.9 Å². The fraction of sp³-hybridized carbons (Fsp3) is 0.455. The van der Waals surface area contributed by atoms with Gasteiger partial charge < -0.3 is 14.2 Å². The Balaban J connectivity index is 1.46. The van der Waals surface area contributed by atoms with Crippen molar-refractivity contribution in [2.24, 2.45) is 5.92 Å². The Hall–Kier alpha value is -2.44. The number of aromatic nitrogens is 2. The normalized spacial score (nSPS) is 15.4. The quantitative estimate of drug-likeness (QED) is 0.584. The standard InChI is InChI=1S/C22H27N3O3/c1-16(2)15-28-18-4-6-20-22(14-18)24-19-5-3-17(13-21(19)23-20)27-12-9-25-7-10-26-11-8-25/h3-6,13-14,16H,7-12,15H2,1-2H3. The molecule has 1 fully saturated rings. The van der Waals surface area contributed by atoms with Crippen molar-refractivity contribution in [2.45, 2.75) is 13.8 Å². The van der Waals surface area contributed by atoms with Crippen LogP contribution in [-0.4, -0.2) is 60.9 Å². The summed E-state index contributed by atoms with van der Waals surface area (Å²) in [6, 6.07) is 11.8. The molecule has 0 amide bonds. The van der Waals surface area contributed by atoms with Crippen LogP contribution in [0.25, 0.3) is 22.1 Å². The molecule has 0 N–H and O–H groups in total. The molecule has 1 aliphatic heterocycles. The molecule has 6 nitrogen and oxygen atoms in total. The molecule has 0 saturated carbocycles. The van der Waals surface area contributed by atoms with Crippen LogP contribution in [0.3, 0.4) is 0 Å². The maximum Gasteiger partial charge on any atom is 0.121 e. The smallest absolute Gasteiger partial charge is 0.121 e. The lowest BCUT2D eigenvalue weighted by molar-refractivity contribution is 0.0322. The van der Waals surface area contributed by atoms with Gasteiger partial charge in [0.25, 0.3) is 0 Å². The molecule has 0 bridgehead atoms. The van der Waals surface area contributed by atoms with E-state index in [9.17, 15) is 0 Å². The maximum absolute atomic E-state index is 5.93. The highest BCUT2D eigenvalue weighted by Crippen LogP contribution is 2.24. The lowest BCUT2D eigenvalue weighted by Gasteiger charge is -2.26. The van der Waals surface area contributed by atoms with Crippen LogP contribution in [0.2, 0.25) is 0 Å². The monoisotopic (exact) mass is 381 g/mol. The summed E-state index contributed by atoms with van der Waals surface area (Å²) in [5, 5.41) is 0. The third-order valence-electron chi connectivity index (χ3n) is 4.74. The second kappa shape index (κ2) is 8.71. The van der Waals surface area contributed by atoms with Crippen LogP contribution in [0.5, 0.6) is 11.5 Å². The summed E-state index contributed by atoms with van der Waals surface area (Å²) in [7, 11) is 0. The topological polar surface area (TPSA) is 56.7 Å². The Morgan fingerprint density at radius 3 is 2.11 bits per heavy atom. The number of rotatable bonds is 7. The lowest BCUT2D eigenvalue weighted by atomic mass is 10.2. The van der Waals surface area contributed by atoms with Crippen LogP contribution < -0.4 is 9.47 Å². The fourth-order valence-corrected chi connectivity index (χ4v) is 3.19. The summed E-state index contributed by atoms with van der Waals surface area (Å²) in [6.45, 7) is 10.1. The van der Waals surface area contributed by atoms with E-state index in [1.54, 1.807) is 0 Å². The van der Waals surface area contributed by atoms with Gasteiger partial charge in [-0.05, 0) is 30.2 Å². The highest BCUT2D eigenvalue weighted by atomic mass is 16.5. The van der Waals surface area contributed by atoms with E-state index >= 15 is 0 Å². The highest BCUT2D eigenvalue weighted by Gasteiger charge is 2.10. The van der Waals surface area contributed by atoms with E-state index in [4.69, 9.17) is 24.2 Å². The summed E-state index contributed by atoms with van der Waals surface area (Å²) < 4.78 is 17.1. The first-order chi connectivity index (χ1) is 13.7. The van der Waals surface area contributed by atoms with Gasteiger partial charge in [-0.25, -0.2) is 9.97 Å². The minimum Gasteiger partial charge on any atom is -0.493 e. The van der Waals surface area contributed by atoms with Crippen molar-refractivity contribution in [3.8, 4) is 11.5 Å². The number of fused-ring (bicyclic) bond motifs is 2. The molecule has 1 saturated heterocycles. The highest BCUT2D eigenvalue weighted by molar-refractivity contribution is 5.87. The number of hydrogen-bond acceptors (Lipinski definition) is 6. The third-order valence-corrected chi connectivity index (χ3v) is 4.74. The van der Waals surface area contributed by atoms with E-state index in [1.807, 2.05) is 36.4 Å². The number of hydrogen-bond donors (Lipinski definition) is 0. The van der Waals surface area contributed by atoms with Crippen molar-refractivity contribution in [3.05, 3.63) is 36.4 Å². The minimum absolute atomic E-state index is 0.486. The summed E-state index contributed by atoms with van der Waals surface area (Å²) >= 11 is 0. The Morgan fingerprint density at radius 1 is 0.893 bits per heavy atom. The molecular weight excluding hydrogens is 354 g/mol. The number of morpholine rings is 1. The van der Waals surface area contributed by atoms with Crippen LogP contribution in [0.1, 0.15) is 13.8 Å². The molecule has 1 aliphatic rings. The van der Waals surface area contributed by atoms with E-state index in [-0.39, 0.29) is 0 Å². The molecule has 0 spiro atoms. The Kier molecular flexibility index (Phi) is 5.88. The SMILES string of the molecule is CC(C)COc1ccc2nc3cc(OCCN4CCOCC4)ccc3nc2c1. The summed E-state index contributed by atoms with van der Waals surface area (Å²) in [5.74, 6) is 2.14. The molecule has 6 heteroatoms. The van der Waals surface area contributed by atoms with Gasteiger partial charge in [0.1, 0.15) is 18.1 Å². The summed E-state index contributed by atoms with van der Waals surface area (Å²) in [6.07, 6.45) is 0. The lowest BCUT2D eigenvalue weighted by Crippen LogP contribution is -2.38. The molecule has 0 atom stereocenters. The second-order valence-electron chi connectivity index (χ2n) is 7.53. The predicted octanol–water partition coefficient (Wildman–Crippen LogP) is 3.53. The largest absolute Gasteiger partial charge is 0.493 e. The molecule has 4 rings (SSSR count). The predicted molar refractivity (Wildman–Crippen MR) is 110 cm³/mol. The van der Waals surface area contributed by atoms with E-state index in [0.29, 0.717) is 19.1 Å². The molecule has 28 heavy (non-hydrogen) atoms. The zero-order chi connectivity index (χ0) is 19.3. The van der Waals surface area contributed by atoms with Gasteiger partial charge in [-0.3, -0.25) is 4.90 Å². The molecule has 3 aromatic rings. The van der Waals surface area contributed by atoms with Gasteiger partial charge in [-0.1, -0.05) is 13.8 Å². The van der Waals surface area contributed by atoms with Crippen molar-refractivity contribution in [1.29, 1.82) is 0 Å². The average molecular weight is 381 g/mol. The second-order valence-corrected chi connectivity index (χ2v) is 7.53. The van der Waals surface area contributed by atoms with E-state index in [2.05, 4.69) is 18.7 Å². The maximum atomic E-state index is 5.93. The van der Waals surface area contributed by atoms with Gasteiger partial charge in [0.15, 0.2) is 0 Å². The van der Waals surface area contributed by atoms with Crippen LogP contribution >= 0.6 is 0 Å². The van der Waals surface area contributed by atoms with Crippen LogP contribution in [0.15, 0.2) is 36.4 Å². The van der Waals surface area contributed by atoms with E-state index in [0.717, 1.165) is 66.4 Å². The fourth-order valence-electron chi connectivity index (χ4n) is 3.19. The first kappa shape index (κ1) is 18.9. The molecule has 2 aromatic carbocycles. The average Bonchev–Trinajstić information content (AvgIpc) is 2.71. The Morgan fingerprint density at radius 2 is 1.50 bits per heavy atom. The molecular formula is C22H27N3O3. The van der Waals surface area contributed by atoms with Gasteiger partial charge in [-0.15, -0.1) is 0 Å². The number of ether oxygens (including phenoxy) is 3. The first-order valence-corrected chi connectivity index (χ1v) is 9.95. The molecule has 0 unspecified atom stereocenters. The van der Waals surface area contributed by atoms with Crippen LogP contribution in [0.4, 0.5) is 0 Å². The molecule has 2 heterocycles. The summed E-state index contributed by atoms with van der Waals surface area (Å²) in [4.78, 5) is 11.8. The van der Waals surface area contributed by atoms with Gasteiger partial charge >= 0.3 is 0 Å². The number of benzene rings is 2. The van der Waals surface area contributed by atoms with Crippen molar-refractivity contribution >= 4 is 22.1 Å². The zero-order valence-electron chi connectivity index (χ0n) is 16.6. The van der Waals surface area contributed by atoms with E-state index in [1.165, 1.54) is 0 Å². The third kappa shape index (κ3) is 4.69. The van der Waals surface area contributed by atoms with Gasteiger partial charge in [-0.2, -0.15) is 0 Å². The molecule has 0 radical (unpaired) electrons. The molecule has 0 aliphatic carbocycles. The van der Waals surface area contributed by atoms with Gasteiger partial charge in [0.2, 0.25) is 0 Å². The van der Waals surface area contributed by atoms with Crippen LogP contribution in [-0.2, 0) is 4.74 Å². The first-order valence-electron chi connectivity index (χ1n) is 9.95. The van der Waals surface area contributed by atoms with Gasteiger partial charge in [0, 0.05) is 31.8 Å². The number of nitrogens with zero attached hydrogens (tertiary/aromatic N) is 3. The van der Waals surface area contributed by atoms with Crippen LogP contribution in [0, 0.1) is 5.92 Å². The summed E-state index contributed by atoms with van der Waals surface area (Å²) in [5.41, 5.74) is 3.39. The van der Waals surface area contributed by atoms with Crippen molar-refractivity contribution < 1.29 is 14.2 Å². The Bertz CT molecular complexity index is 939. The Labute approximate surface area is 165 Å². The van der Waals surface area contributed by atoms with Gasteiger partial charge in [0.05, 0.1) is 41.9 Å². The zero-order valence-corrected chi connectivity index (χ0v) is 16.6. The van der Waals surface area contributed by atoms with Crippen molar-refractivity contribution in [2.75, 3.05) is 46.1 Å². The minimum atomic E-state index is 0.486. The molecule has 1 aromatic heterocycles.